The van der Waals surface area contributed by atoms with E-state index in [1.807, 2.05) is 6.92 Å². The number of alkyl halides is 3. The van der Waals surface area contributed by atoms with Gasteiger partial charge in [-0.2, -0.15) is 13.2 Å². The van der Waals surface area contributed by atoms with Crippen molar-refractivity contribution in [2.75, 3.05) is 18.5 Å². The number of nitrogens with two attached hydrogens (primary N) is 1. The van der Waals surface area contributed by atoms with Crippen LogP contribution in [0.25, 0.3) is 0 Å². The van der Waals surface area contributed by atoms with E-state index in [-0.39, 0.29) is 12.2 Å². The molecule has 0 fully saturated rings. The van der Waals surface area contributed by atoms with Gasteiger partial charge in [0.1, 0.15) is 0 Å². The minimum absolute atomic E-state index is 0.113. The van der Waals surface area contributed by atoms with Crippen molar-refractivity contribution in [2.24, 2.45) is 5.73 Å². The van der Waals surface area contributed by atoms with E-state index in [9.17, 15) is 13.2 Å². The molecule has 0 amide bonds. The summed E-state index contributed by atoms with van der Waals surface area (Å²) in [4.78, 5) is 1.65. The van der Waals surface area contributed by atoms with Crippen molar-refractivity contribution in [3.05, 3.63) is 29.3 Å². The van der Waals surface area contributed by atoms with Crippen LogP contribution in [0, 0.1) is 0 Å². The molecule has 0 aliphatic heterocycles. The van der Waals surface area contributed by atoms with Crippen LogP contribution >= 0.6 is 0 Å². The van der Waals surface area contributed by atoms with Gasteiger partial charge in [-0.3, -0.25) is 0 Å². The summed E-state index contributed by atoms with van der Waals surface area (Å²) < 4.78 is 38.9. The Bertz CT molecular complexity index is 388. The fourth-order valence-electron chi connectivity index (χ4n) is 1.79. The maximum absolute atomic E-state index is 13.0. The molecule has 1 aromatic carbocycles. The summed E-state index contributed by atoms with van der Waals surface area (Å²) in [5.41, 5.74) is 5.49. The Morgan fingerprint density at radius 1 is 1.28 bits per heavy atom. The fraction of sp³-hybridized carbons (Fsp3) is 0.538. The lowest BCUT2D eigenvalue weighted by Gasteiger charge is -2.24. The van der Waals surface area contributed by atoms with Crippen molar-refractivity contribution in [1.29, 1.82) is 0 Å². The molecule has 2 N–H and O–H groups in total. The van der Waals surface area contributed by atoms with Crippen LogP contribution in [0.1, 0.15) is 30.9 Å². The molecule has 0 heterocycles. The summed E-state index contributed by atoms with van der Waals surface area (Å²) in [6, 6.07) is 4.28. The second-order valence-electron chi connectivity index (χ2n) is 4.33. The standard InChI is InChI=1S/C13H19F3N2/c1-3-4-7-18(2)12-6-5-10(9-17)8-11(12)13(14,15)16/h5-6,8H,3-4,7,9,17H2,1-2H3. The quantitative estimate of drug-likeness (QED) is 0.879. The molecule has 0 aromatic heterocycles. The lowest BCUT2D eigenvalue weighted by Crippen LogP contribution is -2.22. The van der Waals surface area contributed by atoms with Gasteiger partial charge in [-0.1, -0.05) is 19.4 Å². The van der Waals surface area contributed by atoms with Crippen LogP contribution in [0.3, 0.4) is 0 Å². The van der Waals surface area contributed by atoms with Gasteiger partial charge >= 0.3 is 6.18 Å². The van der Waals surface area contributed by atoms with Crippen LogP contribution in [0.4, 0.5) is 18.9 Å². The summed E-state index contributed by atoms with van der Waals surface area (Å²) in [6.07, 6.45) is -2.53. The van der Waals surface area contributed by atoms with Crippen LogP contribution in [0.15, 0.2) is 18.2 Å². The number of hydrogen-bond acceptors (Lipinski definition) is 2. The molecule has 5 heteroatoms. The van der Waals surface area contributed by atoms with Crippen LogP contribution in [0.5, 0.6) is 0 Å². The first kappa shape index (κ1) is 14.8. The molecular formula is C13H19F3N2. The lowest BCUT2D eigenvalue weighted by molar-refractivity contribution is -0.137. The first-order valence-corrected chi connectivity index (χ1v) is 6.01. The minimum Gasteiger partial charge on any atom is -0.374 e. The highest BCUT2D eigenvalue weighted by Crippen LogP contribution is 2.37. The molecule has 0 bridgehead atoms. The summed E-state index contributed by atoms with van der Waals surface area (Å²) >= 11 is 0. The second kappa shape index (κ2) is 6.09. The summed E-state index contributed by atoms with van der Waals surface area (Å²) in [6.45, 7) is 2.74. The van der Waals surface area contributed by atoms with E-state index in [0.717, 1.165) is 18.9 Å². The third-order valence-electron chi connectivity index (χ3n) is 2.86. The van der Waals surface area contributed by atoms with Crippen molar-refractivity contribution < 1.29 is 13.2 Å². The van der Waals surface area contributed by atoms with E-state index in [0.29, 0.717) is 12.1 Å². The van der Waals surface area contributed by atoms with E-state index >= 15 is 0 Å². The van der Waals surface area contributed by atoms with Gasteiger partial charge in [0, 0.05) is 25.8 Å². The zero-order valence-corrected chi connectivity index (χ0v) is 10.7. The fourth-order valence-corrected chi connectivity index (χ4v) is 1.79. The third kappa shape index (κ3) is 3.63. The average molecular weight is 260 g/mol. The van der Waals surface area contributed by atoms with Crippen LogP contribution < -0.4 is 10.6 Å². The van der Waals surface area contributed by atoms with Gasteiger partial charge in [0.15, 0.2) is 0 Å². The Labute approximate surface area is 106 Å². The van der Waals surface area contributed by atoms with Gasteiger partial charge in [-0.15, -0.1) is 0 Å². The molecule has 102 valence electrons. The minimum atomic E-state index is -4.35. The van der Waals surface area contributed by atoms with Crippen LogP contribution in [-0.2, 0) is 12.7 Å². The molecule has 0 saturated heterocycles. The van der Waals surface area contributed by atoms with E-state index in [2.05, 4.69) is 0 Å². The molecule has 0 spiro atoms. The third-order valence-corrected chi connectivity index (χ3v) is 2.86. The normalized spacial score (nSPS) is 11.7. The summed E-state index contributed by atoms with van der Waals surface area (Å²) in [7, 11) is 1.68. The predicted molar refractivity (Wildman–Crippen MR) is 67.5 cm³/mol. The molecule has 0 saturated carbocycles. The van der Waals surface area contributed by atoms with E-state index in [1.165, 1.54) is 6.07 Å². The number of halogens is 3. The molecule has 0 aliphatic carbocycles. The lowest BCUT2D eigenvalue weighted by atomic mass is 10.1. The average Bonchev–Trinajstić information content (AvgIpc) is 2.34. The second-order valence-corrected chi connectivity index (χ2v) is 4.33. The van der Waals surface area contributed by atoms with Gasteiger partial charge in [-0.05, 0) is 24.1 Å². The van der Waals surface area contributed by atoms with Crippen LogP contribution in [0.2, 0.25) is 0 Å². The van der Waals surface area contributed by atoms with Crippen molar-refractivity contribution in [1.82, 2.24) is 0 Å². The molecule has 0 aliphatic rings. The number of hydrogen-bond donors (Lipinski definition) is 1. The summed E-state index contributed by atoms with van der Waals surface area (Å²) in [5.74, 6) is 0. The largest absolute Gasteiger partial charge is 0.418 e. The molecule has 1 aromatic rings. The maximum Gasteiger partial charge on any atom is 0.418 e. The Hall–Kier alpha value is -1.23. The Kier molecular flexibility index (Phi) is 5.02. The summed E-state index contributed by atoms with van der Waals surface area (Å²) in [5, 5.41) is 0. The molecule has 0 radical (unpaired) electrons. The number of benzene rings is 1. The Morgan fingerprint density at radius 3 is 2.44 bits per heavy atom. The maximum atomic E-state index is 13.0. The van der Waals surface area contributed by atoms with Crippen molar-refractivity contribution in [3.63, 3.8) is 0 Å². The monoisotopic (exact) mass is 260 g/mol. The predicted octanol–water partition coefficient (Wildman–Crippen LogP) is 3.40. The molecular weight excluding hydrogens is 241 g/mol. The highest BCUT2D eigenvalue weighted by atomic mass is 19.4. The van der Waals surface area contributed by atoms with Gasteiger partial charge in [0.2, 0.25) is 0 Å². The first-order chi connectivity index (χ1) is 8.40. The molecule has 1 rings (SSSR count). The van der Waals surface area contributed by atoms with Gasteiger partial charge in [0.05, 0.1) is 5.56 Å². The number of unbranched alkanes of at least 4 members (excludes halogenated alkanes) is 1. The smallest absolute Gasteiger partial charge is 0.374 e. The first-order valence-electron chi connectivity index (χ1n) is 6.01. The van der Waals surface area contributed by atoms with Crippen LogP contribution in [-0.4, -0.2) is 13.6 Å². The Balaban J connectivity index is 3.10. The molecule has 0 unspecified atom stereocenters. The number of anilines is 1. The molecule has 2 nitrogen and oxygen atoms in total. The van der Waals surface area contributed by atoms with Gasteiger partial charge in [-0.25, -0.2) is 0 Å². The van der Waals surface area contributed by atoms with E-state index in [1.54, 1.807) is 18.0 Å². The van der Waals surface area contributed by atoms with E-state index < -0.39 is 11.7 Å². The number of nitrogens with zero attached hydrogens (tertiary/aromatic N) is 1. The van der Waals surface area contributed by atoms with E-state index in [4.69, 9.17) is 5.73 Å². The van der Waals surface area contributed by atoms with Gasteiger partial charge < -0.3 is 10.6 Å². The number of rotatable bonds is 5. The van der Waals surface area contributed by atoms with Crippen molar-refractivity contribution in [2.45, 2.75) is 32.5 Å². The topological polar surface area (TPSA) is 29.3 Å². The zero-order chi connectivity index (χ0) is 13.8. The molecule has 0 atom stereocenters. The van der Waals surface area contributed by atoms with Gasteiger partial charge in [0.25, 0.3) is 0 Å². The highest BCUT2D eigenvalue weighted by molar-refractivity contribution is 5.56. The highest BCUT2D eigenvalue weighted by Gasteiger charge is 2.34. The molecule has 18 heavy (non-hydrogen) atoms. The Morgan fingerprint density at radius 2 is 1.94 bits per heavy atom. The zero-order valence-electron chi connectivity index (χ0n) is 10.7. The SMILES string of the molecule is CCCCN(C)c1ccc(CN)cc1C(F)(F)F. The van der Waals surface area contributed by atoms with Crippen molar-refractivity contribution in [3.8, 4) is 0 Å². The van der Waals surface area contributed by atoms with Crippen molar-refractivity contribution >= 4 is 5.69 Å².